The van der Waals surface area contributed by atoms with Crippen LogP contribution in [0.5, 0.6) is 0 Å². The minimum atomic E-state index is -0.315. The third-order valence-corrected chi connectivity index (χ3v) is 7.29. The first kappa shape index (κ1) is 9.41. The lowest BCUT2D eigenvalue weighted by Crippen LogP contribution is -2.21. The zero-order chi connectivity index (χ0) is 7.65. The van der Waals surface area contributed by atoms with Gasteiger partial charge in [0.15, 0.2) is 5.99 Å². The summed E-state index contributed by atoms with van der Waals surface area (Å²) in [5.74, 6) is 0.873. The molecule has 0 aliphatic carbocycles. The Kier molecular flexibility index (Phi) is 3.14. The van der Waals surface area contributed by atoms with Crippen LogP contribution in [0.3, 0.4) is 0 Å². The van der Waals surface area contributed by atoms with Crippen molar-refractivity contribution in [2.45, 2.75) is 32.7 Å². The van der Waals surface area contributed by atoms with Crippen LogP contribution in [0.1, 0.15) is 13.8 Å². The van der Waals surface area contributed by atoms with E-state index in [9.17, 15) is 0 Å². The zero-order valence-corrected chi connectivity index (χ0v) is 8.38. The van der Waals surface area contributed by atoms with E-state index in [1.807, 2.05) is 0 Å². The molecule has 0 aromatic rings. The first-order chi connectivity index (χ1) is 3.89. The van der Waals surface area contributed by atoms with Crippen LogP contribution in [-0.4, -0.2) is 23.8 Å². The van der Waals surface area contributed by atoms with Gasteiger partial charge in [0.25, 0.3) is 0 Å². The van der Waals surface area contributed by atoms with Crippen molar-refractivity contribution in [2.24, 2.45) is 0 Å². The summed E-state index contributed by atoms with van der Waals surface area (Å²) in [5.41, 5.74) is 0. The molecule has 56 valence electrons. The lowest BCUT2D eigenvalue weighted by molar-refractivity contribution is 1.10. The van der Waals surface area contributed by atoms with E-state index in [2.05, 4.69) is 40.0 Å². The summed E-state index contributed by atoms with van der Waals surface area (Å²) >= 11 is 0. The third kappa shape index (κ3) is 2.25. The molecule has 2 heteroatoms. The highest BCUT2D eigenvalue weighted by Crippen LogP contribution is 2.47. The van der Waals surface area contributed by atoms with Crippen LogP contribution >= 0.6 is 9.88 Å². The molecule has 0 saturated heterocycles. The summed E-state index contributed by atoms with van der Waals surface area (Å²) in [6.45, 7) is 9.31. The summed E-state index contributed by atoms with van der Waals surface area (Å²) in [4.78, 5) is 0. The standard InChI is InChI=1S/C7H19BS/c1-7(2)9(5,6)8(3)4/h7H,1-6H3. The second-order valence-corrected chi connectivity index (χ2v) is 8.44. The average Bonchev–Trinajstić information content (AvgIpc) is 1.65. The van der Waals surface area contributed by atoms with Crippen molar-refractivity contribution >= 4 is 15.9 Å². The molecule has 0 rings (SSSR count). The lowest BCUT2D eigenvalue weighted by atomic mass is 9.84. The van der Waals surface area contributed by atoms with Gasteiger partial charge in [0.2, 0.25) is 0 Å². The molecule has 0 heterocycles. The van der Waals surface area contributed by atoms with Crippen LogP contribution in [0.2, 0.25) is 13.6 Å². The van der Waals surface area contributed by atoms with Gasteiger partial charge in [0.1, 0.15) is 0 Å². The van der Waals surface area contributed by atoms with Crippen molar-refractivity contribution in [3.05, 3.63) is 0 Å². The Morgan fingerprint density at radius 2 is 1.44 bits per heavy atom. The highest BCUT2D eigenvalue weighted by molar-refractivity contribution is 8.53. The number of hydrogen-bond donors (Lipinski definition) is 0. The van der Waals surface area contributed by atoms with Crippen molar-refractivity contribution < 1.29 is 0 Å². The van der Waals surface area contributed by atoms with Crippen LogP contribution in [0, 0.1) is 0 Å². The molecular formula is C7H19BS. The fourth-order valence-corrected chi connectivity index (χ4v) is 1.63. The van der Waals surface area contributed by atoms with Gasteiger partial charge in [0.05, 0.1) is 0 Å². The second kappa shape index (κ2) is 3.00. The van der Waals surface area contributed by atoms with Gasteiger partial charge in [-0.15, -0.1) is 0 Å². The van der Waals surface area contributed by atoms with Gasteiger partial charge in [-0.25, -0.2) is 0 Å². The molecular weight excluding hydrogens is 127 g/mol. The summed E-state index contributed by atoms with van der Waals surface area (Å²) in [5, 5.41) is 0.873. The molecule has 0 aliphatic heterocycles. The summed E-state index contributed by atoms with van der Waals surface area (Å²) < 4.78 is 0. The smallest absolute Gasteiger partial charge is 0.184 e. The third-order valence-electron chi connectivity index (χ3n) is 2.43. The van der Waals surface area contributed by atoms with Crippen molar-refractivity contribution in [3.8, 4) is 0 Å². The Morgan fingerprint density at radius 3 is 1.44 bits per heavy atom. The highest BCUT2D eigenvalue weighted by Gasteiger charge is 2.22. The highest BCUT2D eigenvalue weighted by atomic mass is 32.3. The Hall–Kier alpha value is 0.415. The molecule has 0 fully saturated rings. The summed E-state index contributed by atoms with van der Waals surface area (Å²) in [7, 11) is -0.315. The van der Waals surface area contributed by atoms with Gasteiger partial charge < -0.3 is 0 Å². The Morgan fingerprint density at radius 1 is 1.11 bits per heavy atom. The monoisotopic (exact) mass is 146 g/mol. The molecule has 0 spiro atoms. The van der Waals surface area contributed by atoms with Gasteiger partial charge in [-0.05, 0) is 17.8 Å². The predicted molar refractivity (Wildman–Crippen MR) is 52.1 cm³/mol. The predicted octanol–water partition coefficient (Wildman–Crippen LogP) is 2.71. The Labute approximate surface area is 61.7 Å². The van der Waals surface area contributed by atoms with Crippen LogP contribution < -0.4 is 0 Å². The maximum absolute atomic E-state index is 2.42. The minimum Gasteiger partial charge on any atom is -0.274 e. The normalized spacial score (nSPS) is 14.1. The second-order valence-electron chi connectivity index (χ2n) is 3.58. The SMILES string of the molecule is CB(C)S(C)(C)C(C)C. The molecule has 0 saturated carbocycles. The maximum Gasteiger partial charge on any atom is 0.184 e. The van der Waals surface area contributed by atoms with E-state index >= 15 is 0 Å². The van der Waals surface area contributed by atoms with E-state index in [4.69, 9.17) is 0 Å². The lowest BCUT2D eigenvalue weighted by Gasteiger charge is -2.38. The number of hydrogen-bond acceptors (Lipinski definition) is 0. The van der Waals surface area contributed by atoms with E-state index in [0.29, 0.717) is 0 Å². The summed E-state index contributed by atoms with van der Waals surface area (Å²) in [6, 6.07) is 0. The van der Waals surface area contributed by atoms with E-state index in [1.54, 1.807) is 0 Å². The van der Waals surface area contributed by atoms with Crippen molar-refractivity contribution in [2.75, 3.05) is 12.5 Å². The van der Waals surface area contributed by atoms with Crippen LogP contribution in [0.4, 0.5) is 0 Å². The molecule has 0 unspecified atom stereocenters. The molecule has 0 aliphatic rings. The van der Waals surface area contributed by atoms with Gasteiger partial charge in [-0.2, -0.15) is 0 Å². The van der Waals surface area contributed by atoms with E-state index in [0.717, 1.165) is 11.2 Å². The van der Waals surface area contributed by atoms with E-state index < -0.39 is 0 Å². The van der Waals surface area contributed by atoms with E-state index in [1.165, 1.54) is 0 Å². The molecule has 0 atom stereocenters. The molecule has 0 radical (unpaired) electrons. The first-order valence-corrected chi connectivity index (χ1v) is 6.17. The maximum atomic E-state index is 2.42. The minimum absolute atomic E-state index is 0.315. The van der Waals surface area contributed by atoms with Gasteiger partial charge in [-0.1, -0.05) is 27.5 Å². The van der Waals surface area contributed by atoms with Gasteiger partial charge in [-0.3, -0.25) is 9.88 Å². The van der Waals surface area contributed by atoms with E-state index in [-0.39, 0.29) is 9.88 Å². The van der Waals surface area contributed by atoms with Gasteiger partial charge >= 0.3 is 0 Å². The fraction of sp³-hybridized carbons (Fsp3) is 1.00. The van der Waals surface area contributed by atoms with Crippen molar-refractivity contribution in [1.82, 2.24) is 0 Å². The van der Waals surface area contributed by atoms with Crippen LogP contribution in [-0.2, 0) is 0 Å². The summed E-state index contributed by atoms with van der Waals surface area (Å²) in [6.07, 6.45) is 4.84. The van der Waals surface area contributed by atoms with Crippen molar-refractivity contribution in [1.29, 1.82) is 0 Å². The zero-order valence-electron chi connectivity index (χ0n) is 7.56. The Balaban J connectivity index is 4.01. The fourth-order valence-electron chi connectivity index (χ4n) is 0.544. The topological polar surface area (TPSA) is 0 Å². The van der Waals surface area contributed by atoms with Crippen molar-refractivity contribution in [3.63, 3.8) is 0 Å². The first-order valence-electron chi connectivity index (χ1n) is 3.60. The molecule has 9 heavy (non-hydrogen) atoms. The quantitative estimate of drug-likeness (QED) is 0.525. The van der Waals surface area contributed by atoms with Gasteiger partial charge in [0, 0.05) is 0 Å². The Bertz CT molecular complexity index is 76.9. The molecule has 0 nitrogen and oxygen atoms in total. The average molecular weight is 146 g/mol. The largest absolute Gasteiger partial charge is 0.274 e. The molecule has 0 N–H and O–H groups in total. The molecule has 0 bridgehead atoms. The molecule has 0 aromatic carbocycles. The molecule has 0 amide bonds. The van der Waals surface area contributed by atoms with Crippen LogP contribution in [0.25, 0.3) is 0 Å². The van der Waals surface area contributed by atoms with Crippen LogP contribution in [0.15, 0.2) is 0 Å². The number of rotatable bonds is 2. The molecule has 0 aromatic heterocycles.